The van der Waals surface area contributed by atoms with Crippen LogP contribution in [0.3, 0.4) is 0 Å². The summed E-state index contributed by atoms with van der Waals surface area (Å²) in [5, 5.41) is 4.55. The fraction of sp³-hybridized carbons (Fsp3) is 0.667. The molecule has 2 aromatic rings. The second-order valence-electron chi connectivity index (χ2n) is 9.39. The van der Waals surface area contributed by atoms with Crippen molar-refractivity contribution in [2.75, 3.05) is 63.9 Å². The predicted molar refractivity (Wildman–Crippen MR) is 130 cm³/mol. The number of carbonyl (C=O) groups is 1. The number of anilines is 1. The van der Waals surface area contributed by atoms with Crippen molar-refractivity contribution in [3.05, 3.63) is 24.3 Å². The number of amides is 2. The van der Waals surface area contributed by atoms with E-state index in [1.807, 2.05) is 4.90 Å². The number of carbonyl (C=O) groups excluding carboxylic acids is 1. The number of piperazine rings is 1. The Hall–Kier alpha value is -1.90. The van der Waals surface area contributed by atoms with Crippen molar-refractivity contribution in [2.45, 2.75) is 38.1 Å². The standard InChI is InChI=1S/C24H35N5O2S/c30-24(29-15-17-31-18-16-29)25-20-7-5-19(6-8-20)9-10-27-11-13-28(14-12-27)23-21-3-1-2-4-22(21)32-26-23/h1-4,19-20H,5-18H2,(H,25,30). The first kappa shape index (κ1) is 21.9. The summed E-state index contributed by atoms with van der Waals surface area (Å²) in [6, 6.07) is 9.00. The van der Waals surface area contributed by atoms with Gasteiger partial charge in [-0.25, -0.2) is 4.79 Å². The zero-order valence-electron chi connectivity index (χ0n) is 18.9. The van der Waals surface area contributed by atoms with Crippen LogP contribution in [0.15, 0.2) is 24.3 Å². The summed E-state index contributed by atoms with van der Waals surface area (Å²) in [5.74, 6) is 1.97. The van der Waals surface area contributed by atoms with E-state index in [9.17, 15) is 4.79 Å². The Labute approximate surface area is 194 Å². The normalized spacial score (nSPS) is 25.2. The van der Waals surface area contributed by atoms with Crippen molar-refractivity contribution in [2.24, 2.45) is 5.92 Å². The van der Waals surface area contributed by atoms with Crippen LogP contribution in [0.2, 0.25) is 0 Å². The number of rotatable bonds is 5. The third kappa shape index (κ3) is 5.18. The van der Waals surface area contributed by atoms with Gasteiger partial charge in [0.25, 0.3) is 0 Å². The highest BCUT2D eigenvalue weighted by atomic mass is 32.1. The summed E-state index contributed by atoms with van der Waals surface area (Å²) in [5.41, 5.74) is 0. The van der Waals surface area contributed by atoms with Crippen LogP contribution in [0.1, 0.15) is 32.1 Å². The minimum absolute atomic E-state index is 0.0995. The van der Waals surface area contributed by atoms with Gasteiger partial charge in [0.15, 0.2) is 0 Å². The lowest BCUT2D eigenvalue weighted by Crippen LogP contribution is -2.50. The Bertz CT molecular complexity index is 883. The van der Waals surface area contributed by atoms with Crippen molar-refractivity contribution >= 4 is 33.5 Å². The van der Waals surface area contributed by atoms with Gasteiger partial charge in [0, 0.05) is 50.7 Å². The Balaban J connectivity index is 1.01. The van der Waals surface area contributed by atoms with Gasteiger partial charge >= 0.3 is 6.03 Å². The van der Waals surface area contributed by atoms with Crippen molar-refractivity contribution in [3.63, 3.8) is 0 Å². The van der Waals surface area contributed by atoms with E-state index < -0.39 is 0 Å². The molecule has 3 aliphatic rings. The number of morpholine rings is 1. The van der Waals surface area contributed by atoms with Gasteiger partial charge in [-0.2, -0.15) is 4.37 Å². The number of hydrogen-bond donors (Lipinski definition) is 1. The largest absolute Gasteiger partial charge is 0.378 e. The number of ether oxygens (including phenoxy) is 1. The molecule has 32 heavy (non-hydrogen) atoms. The molecule has 2 aliphatic heterocycles. The maximum absolute atomic E-state index is 12.4. The summed E-state index contributed by atoms with van der Waals surface area (Å²) in [6.07, 6.45) is 5.98. The molecule has 8 heteroatoms. The van der Waals surface area contributed by atoms with Crippen LogP contribution in [0.5, 0.6) is 0 Å². The molecular formula is C24H35N5O2S. The number of aromatic nitrogens is 1. The summed E-state index contributed by atoms with van der Waals surface area (Å²) in [4.78, 5) is 19.4. The molecule has 0 atom stereocenters. The molecule has 0 unspecified atom stereocenters. The maximum atomic E-state index is 12.4. The molecule has 3 fully saturated rings. The van der Waals surface area contributed by atoms with Crippen molar-refractivity contribution in [1.82, 2.24) is 19.5 Å². The molecule has 5 rings (SSSR count). The van der Waals surface area contributed by atoms with Crippen LogP contribution in [0, 0.1) is 5.92 Å². The first-order valence-corrected chi connectivity index (χ1v) is 13.0. The summed E-state index contributed by atoms with van der Waals surface area (Å²) in [6.45, 7) is 8.32. The van der Waals surface area contributed by atoms with E-state index in [2.05, 4.69) is 39.4 Å². The van der Waals surface area contributed by atoms with Crippen LogP contribution < -0.4 is 10.2 Å². The SMILES string of the molecule is O=C(NC1CCC(CCN2CCN(c3nsc4ccccc34)CC2)CC1)N1CCOCC1. The van der Waals surface area contributed by atoms with Crippen LogP contribution in [0.25, 0.3) is 10.1 Å². The van der Waals surface area contributed by atoms with Gasteiger partial charge in [0.05, 0.1) is 17.9 Å². The lowest BCUT2D eigenvalue weighted by molar-refractivity contribution is 0.0519. The second-order valence-corrected chi connectivity index (χ2v) is 10.2. The highest BCUT2D eigenvalue weighted by Crippen LogP contribution is 2.30. The maximum Gasteiger partial charge on any atom is 0.317 e. The fourth-order valence-electron chi connectivity index (χ4n) is 5.28. The van der Waals surface area contributed by atoms with Crippen LogP contribution in [0.4, 0.5) is 10.6 Å². The number of hydrogen-bond acceptors (Lipinski definition) is 6. The average molecular weight is 458 g/mol. The Morgan fingerprint density at radius 1 is 1.03 bits per heavy atom. The van der Waals surface area contributed by atoms with Gasteiger partial charge in [-0.1, -0.05) is 12.1 Å². The van der Waals surface area contributed by atoms with E-state index >= 15 is 0 Å². The Morgan fingerprint density at radius 2 is 1.78 bits per heavy atom. The first-order valence-electron chi connectivity index (χ1n) is 12.2. The number of nitrogens with zero attached hydrogens (tertiary/aromatic N) is 4. The minimum atomic E-state index is 0.0995. The lowest BCUT2D eigenvalue weighted by Gasteiger charge is -2.36. The molecule has 1 saturated carbocycles. The number of nitrogens with one attached hydrogen (secondary N) is 1. The highest BCUT2D eigenvalue weighted by molar-refractivity contribution is 7.13. The molecule has 7 nitrogen and oxygen atoms in total. The van der Waals surface area contributed by atoms with Gasteiger partial charge in [0.2, 0.25) is 0 Å². The number of benzene rings is 1. The third-order valence-corrected chi connectivity index (χ3v) is 8.17. The molecule has 1 aromatic heterocycles. The van der Waals surface area contributed by atoms with Crippen molar-refractivity contribution in [3.8, 4) is 0 Å². The smallest absolute Gasteiger partial charge is 0.317 e. The third-order valence-electron chi connectivity index (χ3n) is 7.36. The van der Waals surface area contributed by atoms with Crippen molar-refractivity contribution < 1.29 is 9.53 Å². The molecule has 0 bridgehead atoms. The van der Waals surface area contributed by atoms with E-state index in [-0.39, 0.29) is 6.03 Å². The summed E-state index contributed by atoms with van der Waals surface area (Å²) >= 11 is 1.61. The first-order chi connectivity index (χ1) is 15.8. The quantitative estimate of drug-likeness (QED) is 0.746. The summed E-state index contributed by atoms with van der Waals surface area (Å²) in [7, 11) is 0. The van der Waals surface area contributed by atoms with Gasteiger partial charge in [-0.15, -0.1) is 0 Å². The van der Waals surface area contributed by atoms with Gasteiger partial charge in [0.1, 0.15) is 5.82 Å². The second kappa shape index (κ2) is 10.4. The van der Waals surface area contributed by atoms with E-state index in [0.717, 1.165) is 44.9 Å². The molecule has 1 aromatic carbocycles. The molecule has 2 saturated heterocycles. The topological polar surface area (TPSA) is 60.9 Å². The summed E-state index contributed by atoms with van der Waals surface area (Å²) < 4.78 is 11.4. The van der Waals surface area contributed by atoms with Crippen LogP contribution >= 0.6 is 11.5 Å². The molecular weight excluding hydrogens is 422 g/mol. The molecule has 174 valence electrons. The molecule has 2 amide bonds. The molecule has 3 heterocycles. The van der Waals surface area contributed by atoms with Crippen molar-refractivity contribution in [1.29, 1.82) is 0 Å². The van der Waals surface area contributed by atoms with E-state index in [4.69, 9.17) is 9.11 Å². The minimum Gasteiger partial charge on any atom is -0.378 e. The van der Waals surface area contributed by atoms with Crippen LogP contribution in [-0.4, -0.2) is 85.3 Å². The van der Waals surface area contributed by atoms with Gasteiger partial charge < -0.3 is 19.9 Å². The number of urea groups is 1. The number of fused-ring (bicyclic) bond motifs is 1. The fourth-order valence-corrected chi connectivity index (χ4v) is 6.07. The Kier molecular flexibility index (Phi) is 7.10. The zero-order chi connectivity index (χ0) is 21.8. The molecule has 1 aliphatic carbocycles. The van der Waals surface area contributed by atoms with E-state index in [1.165, 1.54) is 41.7 Å². The molecule has 1 N–H and O–H groups in total. The van der Waals surface area contributed by atoms with E-state index in [1.54, 1.807) is 11.5 Å². The highest BCUT2D eigenvalue weighted by Gasteiger charge is 2.26. The predicted octanol–water partition coefficient (Wildman–Crippen LogP) is 3.41. The van der Waals surface area contributed by atoms with Crippen LogP contribution in [-0.2, 0) is 4.74 Å². The van der Waals surface area contributed by atoms with Gasteiger partial charge in [-0.05, 0) is 68.2 Å². The monoisotopic (exact) mass is 457 g/mol. The Morgan fingerprint density at radius 3 is 2.56 bits per heavy atom. The lowest BCUT2D eigenvalue weighted by atomic mass is 9.84. The molecule has 0 radical (unpaired) electrons. The average Bonchev–Trinajstić information content (AvgIpc) is 3.29. The van der Waals surface area contributed by atoms with E-state index in [0.29, 0.717) is 32.3 Å². The van der Waals surface area contributed by atoms with Gasteiger partial charge in [-0.3, -0.25) is 4.90 Å². The zero-order valence-corrected chi connectivity index (χ0v) is 19.7. The molecule has 0 spiro atoms.